The first-order valence-electron chi connectivity index (χ1n) is 10.9. The zero-order chi connectivity index (χ0) is 23.5. The Labute approximate surface area is 191 Å². The number of carbonyl (C=O) groups excluding carboxylic acids is 4. The highest BCUT2D eigenvalue weighted by molar-refractivity contribution is 6.25. The van der Waals surface area contributed by atoms with Gasteiger partial charge in [0.15, 0.2) is 0 Å². The minimum absolute atomic E-state index is 0.0764. The Hall–Kier alpha value is -4.00. The normalized spacial score (nSPS) is 12.9. The molecule has 0 aromatic heterocycles. The van der Waals surface area contributed by atoms with Crippen molar-refractivity contribution in [2.45, 2.75) is 26.7 Å². The van der Waals surface area contributed by atoms with Crippen LogP contribution in [-0.4, -0.2) is 35.1 Å². The fourth-order valence-electron chi connectivity index (χ4n) is 3.83. The lowest BCUT2D eigenvalue weighted by molar-refractivity contribution is -0.119. The van der Waals surface area contributed by atoms with E-state index in [1.54, 1.807) is 48.5 Å². The fraction of sp³-hybridized carbons (Fsp3) is 0.231. The van der Waals surface area contributed by atoms with Crippen molar-refractivity contribution < 1.29 is 19.2 Å². The van der Waals surface area contributed by atoms with Crippen LogP contribution in [0.3, 0.4) is 0 Å². The molecule has 1 aliphatic rings. The van der Waals surface area contributed by atoms with Crippen molar-refractivity contribution in [2.24, 2.45) is 5.92 Å². The largest absolute Gasteiger partial charge is 0.326 e. The quantitative estimate of drug-likeness (QED) is 0.528. The molecule has 1 aliphatic heterocycles. The molecule has 0 saturated carbocycles. The molecular weight excluding hydrogens is 418 g/mol. The molecule has 33 heavy (non-hydrogen) atoms. The predicted molar refractivity (Wildman–Crippen MR) is 127 cm³/mol. The van der Waals surface area contributed by atoms with Gasteiger partial charge in [0.1, 0.15) is 0 Å². The number of hydrogen-bond acceptors (Lipinski definition) is 4. The van der Waals surface area contributed by atoms with Crippen molar-refractivity contribution in [1.29, 1.82) is 0 Å². The molecule has 0 bridgehead atoms. The van der Waals surface area contributed by atoms with E-state index in [2.05, 4.69) is 10.6 Å². The minimum Gasteiger partial charge on any atom is -0.326 e. The second-order valence-electron chi connectivity index (χ2n) is 8.34. The van der Waals surface area contributed by atoms with Crippen LogP contribution in [0.1, 0.15) is 47.4 Å². The molecule has 168 valence electrons. The lowest BCUT2D eigenvalue weighted by atomic mass is 9.94. The van der Waals surface area contributed by atoms with Crippen LogP contribution in [0.15, 0.2) is 60.7 Å². The molecule has 0 radical (unpaired) electrons. The van der Waals surface area contributed by atoms with Gasteiger partial charge in [-0.05, 0) is 48.2 Å². The van der Waals surface area contributed by atoms with Gasteiger partial charge in [0, 0.05) is 46.8 Å². The maximum absolute atomic E-state index is 12.9. The summed E-state index contributed by atoms with van der Waals surface area (Å²) in [5.74, 6) is -1.07. The number of nitrogens with one attached hydrogen (secondary N) is 2. The highest BCUT2D eigenvalue weighted by Gasteiger charge is 2.32. The molecule has 3 aromatic carbocycles. The number of benzene rings is 3. The van der Waals surface area contributed by atoms with E-state index in [1.807, 2.05) is 26.0 Å². The van der Waals surface area contributed by atoms with Crippen molar-refractivity contribution >= 4 is 45.8 Å². The van der Waals surface area contributed by atoms with Gasteiger partial charge in [-0.3, -0.25) is 24.1 Å². The fourth-order valence-corrected chi connectivity index (χ4v) is 3.83. The number of nitrogens with zero attached hydrogens (tertiary/aromatic N) is 1. The maximum atomic E-state index is 12.9. The van der Waals surface area contributed by atoms with Crippen LogP contribution in [-0.2, 0) is 9.59 Å². The van der Waals surface area contributed by atoms with Crippen molar-refractivity contribution in [1.82, 2.24) is 4.90 Å². The average molecular weight is 444 g/mol. The molecule has 0 aliphatic carbocycles. The first-order chi connectivity index (χ1) is 15.8. The smallest absolute Gasteiger partial charge is 0.261 e. The first-order valence-corrected chi connectivity index (χ1v) is 10.9. The molecule has 0 fully saturated rings. The van der Waals surface area contributed by atoms with Crippen LogP contribution in [0.2, 0.25) is 0 Å². The molecule has 0 unspecified atom stereocenters. The Morgan fingerprint density at radius 1 is 0.818 bits per heavy atom. The van der Waals surface area contributed by atoms with Crippen molar-refractivity contribution in [3.63, 3.8) is 0 Å². The summed E-state index contributed by atoms with van der Waals surface area (Å²) in [7, 11) is 0. The number of carbonyl (C=O) groups is 4. The average Bonchev–Trinajstić information content (AvgIpc) is 2.80. The molecule has 7 nitrogen and oxygen atoms in total. The van der Waals surface area contributed by atoms with Crippen molar-refractivity contribution in [2.75, 3.05) is 17.2 Å². The SMILES string of the molecule is CC(C)C(=O)Nc1ccc(NC(=O)CCCN2C(=O)c3cccc4cccc(c34)C2=O)cc1. The van der Waals surface area contributed by atoms with Crippen LogP contribution >= 0.6 is 0 Å². The minimum atomic E-state index is -0.330. The van der Waals surface area contributed by atoms with Gasteiger partial charge in [-0.1, -0.05) is 38.1 Å². The molecule has 3 aromatic rings. The van der Waals surface area contributed by atoms with E-state index in [-0.39, 0.29) is 42.5 Å². The first kappa shape index (κ1) is 22.2. The Kier molecular flexibility index (Phi) is 6.22. The monoisotopic (exact) mass is 443 g/mol. The van der Waals surface area contributed by atoms with Crippen LogP contribution < -0.4 is 10.6 Å². The lowest BCUT2D eigenvalue weighted by Gasteiger charge is -2.27. The third kappa shape index (κ3) is 4.62. The van der Waals surface area contributed by atoms with Crippen LogP contribution in [0.25, 0.3) is 10.8 Å². The van der Waals surface area contributed by atoms with E-state index in [0.717, 1.165) is 5.39 Å². The maximum Gasteiger partial charge on any atom is 0.261 e. The number of hydrogen-bond donors (Lipinski definition) is 2. The zero-order valence-electron chi connectivity index (χ0n) is 18.6. The second kappa shape index (κ2) is 9.24. The molecule has 7 heteroatoms. The summed E-state index contributed by atoms with van der Waals surface area (Å²) in [6, 6.07) is 17.7. The van der Waals surface area contributed by atoms with Gasteiger partial charge >= 0.3 is 0 Å². The Bertz CT molecular complexity index is 1200. The van der Waals surface area contributed by atoms with Crippen LogP contribution in [0.5, 0.6) is 0 Å². The van der Waals surface area contributed by atoms with Gasteiger partial charge in [-0.25, -0.2) is 0 Å². The topological polar surface area (TPSA) is 95.6 Å². The van der Waals surface area contributed by atoms with E-state index in [1.165, 1.54) is 4.90 Å². The van der Waals surface area contributed by atoms with E-state index in [9.17, 15) is 19.2 Å². The summed E-state index contributed by atoms with van der Waals surface area (Å²) in [5, 5.41) is 7.14. The molecule has 1 heterocycles. The third-order valence-corrected chi connectivity index (χ3v) is 5.60. The molecule has 2 N–H and O–H groups in total. The Morgan fingerprint density at radius 2 is 1.36 bits per heavy atom. The van der Waals surface area contributed by atoms with Crippen LogP contribution in [0, 0.1) is 5.92 Å². The van der Waals surface area contributed by atoms with Crippen molar-refractivity contribution in [3.05, 3.63) is 71.8 Å². The molecular formula is C26H25N3O4. The van der Waals surface area contributed by atoms with E-state index >= 15 is 0 Å². The van der Waals surface area contributed by atoms with Crippen molar-refractivity contribution in [3.8, 4) is 0 Å². The number of imide groups is 1. The molecule has 0 atom stereocenters. The molecule has 0 spiro atoms. The Morgan fingerprint density at radius 3 is 1.91 bits per heavy atom. The summed E-state index contributed by atoms with van der Waals surface area (Å²) in [4.78, 5) is 51.1. The lowest BCUT2D eigenvalue weighted by Crippen LogP contribution is -2.41. The van der Waals surface area contributed by atoms with E-state index in [4.69, 9.17) is 0 Å². The van der Waals surface area contributed by atoms with E-state index in [0.29, 0.717) is 34.3 Å². The van der Waals surface area contributed by atoms with Gasteiger partial charge in [0.05, 0.1) is 0 Å². The van der Waals surface area contributed by atoms with E-state index < -0.39 is 0 Å². The second-order valence-corrected chi connectivity index (χ2v) is 8.34. The van der Waals surface area contributed by atoms with Gasteiger partial charge in [0.2, 0.25) is 11.8 Å². The standard InChI is InChI=1S/C26H25N3O4/c1-16(2)24(31)28-19-13-11-18(12-14-19)27-22(30)10-5-15-29-25(32)20-8-3-6-17-7-4-9-21(23(17)20)26(29)33/h3-4,6-9,11-14,16H,5,10,15H2,1-2H3,(H,27,30)(H,28,31). The van der Waals surface area contributed by atoms with Crippen LogP contribution in [0.4, 0.5) is 11.4 Å². The molecule has 4 amide bonds. The summed E-state index contributed by atoms with van der Waals surface area (Å²) < 4.78 is 0. The Balaban J connectivity index is 1.33. The van der Waals surface area contributed by atoms with Gasteiger partial charge < -0.3 is 10.6 Å². The number of amides is 4. The number of rotatable bonds is 7. The summed E-state index contributed by atoms with van der Waals surface area (Å²) in [5.41, 5.74) is 2.28. The molecule has 0 saturated heterocycles. The van der Waals surface area contributed by atoms with Gasteiger partial charge in [-0.2, -0.15) is 0 Å². The number of anilines is 2. The highest BCUT2D eigenvalue weighted by Crippen LogP contribution is 2.30. The third-order valence-electron chi connectivity index (χ3n) is 5.60. The highest BCUT2D eigenvalue weighted by atomic mass is 16.2. The van der Waals surface area contributed by atoms with Gasteiger partial charge in [0.25, 0.3) is 11.8 Å². The summed E-state index contributed by atoms with van der Waals surface area (Å²) in [6.07, 6.45) is 0.513. The zero-order valence-corrected chi connectivity index (χ0v) is 18.6. The summed E-state index contributed by atoms with van der Waals surface area (Å²) in [6.45, 7) is 3.79. The van der Waals surface area contributed by atoms with Gasteiger partial charge in [-0.15, -0.1) is 0 Å². The predicted octanol–water partition coefficient (Wildman–Crippen LogP) is 4.45. The summed E-state index contributed by atoms with van der Waals surface area (Å²) >= 11 is 0. The molecule has 4 rings (SSSR count).